The molecule has 0 amide bonds. The van der Waals surface area contributed by atoms with Gasteiger partial charge in [0, 0.05) is 10.8 Å². The largest absolute Gasteiger partial charge is 0.356 e. The first-order valence-corrected chi connectivity index (χ1v) is 11.4. The van der Waals surface area contributed by atoms with Gasteiger partial charge in [0.05, 0.1) is 10.6 Å². The predicted octanol–water partition coefficient (Wildman–Crippen LogP) is 2.83. The van der Waals surface area contributed by atoms with E-state index in [9.17, 15) is 37.5 Å². The van der Waals surface area contributed by atoms with Gasteiger partial charge in [0.25, 0.3) is 0 Å². The maximum absolute atomic E-state index is 14.7. The third kappa shape index (κ3) is 4.13. The van der Waals surface area contributed by atoms with Gasteiger partial charge in [-0.3, -0.25) is 9.13 Å². The average molecular weight is 434 g/mol. The van der Waals surface area contributed by atoms with Crippen LogP contribution < -0.4 is 10.6 Å². The molecule has 0 aliphatic rings. The Bertz CT molecular complexity index is 926. The second-order valence-corrected chi connectivity index (χ2v) is 10.9. The highest BCUT2D eigenvalue weighted by atomic mass is 31.2. The van der Waals surface area contributed by atoms with Gasteiger partial charge in [-0.2, -0.15) is 0 Å². The Balaban J connectivity index is 2.58. The number of benzene rings is 2. The minimum absolute atomic E-state index is 0.119. The molecule has 2 aromatic rings. The Morgan fingerprint density at radius 3 is 1.18 bits per heavy atom. The molecule has 0 fully saturated rings. The summed E-state index contributed by atoms with van der Waals surface area (Å²) in [5, 5.41) is -0.918. The molecule has 28 heavy (non-hydrogen) atoms. The SMILES string of the molecule is CC(C)(c1ccc(P(=O)(O)O)cc1F)C(C)(C)c1ccc(P(=O)(O)O)cc1F. The molecule has 0 saturated heterocycles. The fourth-order valence-corrected chi connectivity index (χ4v) is 4.16. The van der Waals surface area contributed by atoms with Crippen molar-refractivity contribution in [1.82, 2.24) is 0 Å². The molecule has 6 nitrogen and oxygen atoms in total. The van der Waals surface area contributed by atoms with Crippen molar-refractivity contribution < 1.29 is 37.5 Å². The van der Waals surface area contributed by atoms with E-state index < -0.39 is 48.3 Å². The van der Waals surface area contributed by atoms with Crippen LogP contribution in [0.4, 0.5) is 8.78 Å². The molecule has 0 radical (unpaired) electrons. The molecule has 0 saturated carbocycles. The fraction of sp³-hybridized carbons (Fsp3) is 0.333. The van der Waals surface area contributed by atoms with Crippen molar-refractivity contribution in [1.29, 1.82) is 0 Å². The van der Waals surface area contributed by atoms with Crippen LogP contribution in [-0.4, -0.2) is 19.6 Å². The highest BCUT2D eigenvalue weighted by Crippen LogP contribution is 2.46. The van der Waals surface area contributed by atoms with Crippen LogP contribution >= 0.6 is 15.2 Å². The summed E-state index contributed by atoms with van der Waals surface area (Å²) in [6, 6.07) is 6.30. The minimum atomic E-state index is -4.62. The first-order valence-electron chi connectivity index (χ1n) is 8.22. The average Bonchev–Trinajstić information content (AvgIpc) is 2.52. The Labute approximate surface area is 161 Å². The van der Waals surface area contributed by atoms with Crippen LogP contribution in [0, 0.1) is 11.6 Å². The molecular formula is C18H22F2O6P2. The van der Waals surface area contributed by atoms with E-state index in [1.54, 1.807) is 27.7 Å². The molecule has 0 heterocycles. The van der Waals surface area contributed by atoms with E-state index >= 15 is 0 Å². The Hall–Kier alpha value is -1.40. The maximum atomic E-state index is 14.7. The van der Waals surface area contributed by atoms with Gasteiger partial charge in [0.15, 0.2) is 0 Å². The Kier molecular flexibility index (Phi) is 5.83. The minimum Gasteiger partial charge on any atom is -0.321 e. The zero-order valence-corrected chi connectivity index (χ0v) is 17.5. The lowest BCUT2D eigenvalue weighted by Gasteiger charge is -2.43. The zero-order valence-electron chi connectivity index (χ0n) is 15.7. The van der Waals surface area contributed by atoms with Crippen molar-refractivity contribution in [2.24, 2.45) is 0 Å². The number of hydrogen-bond donors (Lipinski definition) is 4. The van der Waals surface area contributed by atoms with Crippen molar-refractivity contribution in [3.05, 3.63) is 59.2 Å². The lowest BCUT2D eigenvalue weighted by Crippen LogP contribution is -2.42. The molecule has 4 N–H and O–H groups in total. The van der Waals surface area contributed by atoms with E-state index in [0.717, 1.165) is 24.3 Å². The van der Waals surface area contributed by atoms with Crippen LogP contribution in [0.15, 0.2) is 36.4 Å². The number of hydrogen-bond acceptors (Lipinski definition) is 2. The summed E-state index contributed by atoms with van der Waals surface area (Å²) >= 11 is 0. The molecule has 0 spiro atoms. The van der Waals surface area contributed by atoms with E-state index in [-0.39, 0.29) is 11.1 Å². The topological polar surface area (TPSA) is 115 Å². The van der Waals surface area contributed by atoms with E-state index in [2.05, 4.69) is 0 Å². The molecular weight excluding hydrogens is 412 g/mol. The van der Waals surface area contributed by atoms with E-state index in [1.165, 1.54) is 12.1 Å². The summed E-state index contributed by atoms with van der Waals surface area (Å²) in [7, 11) is -9.24. The van der Waals surface area contributed by atoms with Crippen LogP contribution in [-0.2, 0) is 20.0 Å². The molecule has 0 unspecified atom stereocenters. The van der Waals surface area contributed by atoms with Crippen molar-refractivity contribution in [2.75, 3.05) is 0 Å². The van der Waals surface area contributed by atoms with Gasteiger partial charge in [-0.05, 0) is 35.4 Å². The first kappa shape index (κ1) is 22.9. The van der Waals surface area contributed by atoms with Crippen molar-refractivity contribution >= 4 is 25.8 Å². The lowest BCUT2D eigenvalue weighted by molar-refractivity contribution is 0.284. The van der Waals surface area contributed by atoms with E-state index in [0.29, 0.717) is 0 Å². The van der Waals surface area contributed by atoms with E-state index in [4.69, 9.17) is 0 Å². The smallest absolute Gasteiger partial charge is 0.321 e. The highest BCUT2D eigenvalue weighted by molar-refractivity contribution is 7.60. The summed E-state index contributed by atoms with van der Waals surface area (Å²) < 4.78 is 52.1. The van der Waals surface area contributed by atoms with Gasteiger partial charge in [-0.15, -0.1) is 0 Å². The molecule has 0 aliphatic heterocycles. The molecule has 0 atom stereocenters. The second kappa shape index (κ2) is 7.13. The number of halogens is 2. The Morgan fingerprint density at radius 2 is 0.964 bits per heavy atom. The summed E-state index contributed by atoms with van der Waals surface area (Å²) in [6.07, 6.45) is 0. The van der Waals surface area contributed by atoms with Crippen molar-refractivity contribution in [3.8, 4) is 0 Å². The zero-order chi connectivity index (χ0) is 21.7. The summed E-state index contributed by atoms with van der Waals surface area (Å²) in [5.41, 5.74) is -1.86. The maximum Gasteiger partial charge on any atom is 0.356 e. The molecule has 0 bridgehead atoms. The van der Waals surface area contributed by atoms with E-state index in [1.807, 2.05) is 0 Å². The molecule has 154 valence electrons. The quantitative estimate of drug-likeness (QED) is 0.538. The van der Waals surface area contributed by atoms with Gasteiger partial charge in [0.1, 0.15) is 11.6 Å². The van der Waals surface area contributed by atoms with Gasteiger partial charge in [-0.1, -0.05) is 39.8 Å². The third-order valence-electron chi connectivity index (χ3n) is 5.49. The van der Waals surface area contributed by atoms with Gasteiger partial charge in [-0.25, -0.2) is 8.78 Å². The normalized spacial score (nSPS) is 13.6. The second-order valence-electron chi connectivity index (χ2n) is 7.67. The fourth-order valence-electron chi connectivity index (χ4n) is 3.06. The Morgan fingerprint density at radius 1 is 0.679 bits per heavy atom. The molecule has 2 rings (SSSR count). The summed E-state index contributed by atoms with van der Waals surface area (Å²) in [6.45, 7) is 6.61. The third-order valence-corrected chi connectivity index (χ3v) is 7.39. The van der Waals surface area contributed by atoms with Crippen LogP contribution in [0.5, 0.6) is 0 Å². The van der Waals surface area contributed by atoms with Crippen LogP contribution in [0.1, 0.15) is 38.8 Å². The summed E-state index contributed by atoms with van der Waals surface area (Å²) in [5.74, 6) is -1.68. The first-order chi connectivity index (χ1) is 12.5. The standard InChI is InChI=1S/C18H22F2O6P2/c1-17(2,13-7-5-11(9-15(13)19)27(21,22)23)18(3,4)14-8-6-12(10-16(14)20)28(24,25)26/h5-10H,1-4H3,(H2,21,22,23)(H2,24,25,26). The molecule has 2 aromatic carbocycles. The lowest BCUT2D eigenvalue weighted by atomic mass is 9.61. The van der Waals surface area contributed by atoms with Crippen LogP contribution in [0.3, 0.4) is 0 Å². The van der Waals surface area contributed by atoms with Crippen molar-refractivity contribution in [3.63, 3.8) is 0 Å². The highest BCUT2D eigenvalue weighted by Gasteiger charge is 2.43. The van der Waals surface area contributed by atoms with Gasteiger partial charge >= 0.3 is 15.2 Å². The van der Waals surface area contributed by atoms with Crippen LogP contribution in [0.25, 0.3) is 0 Å². The van der Waals surface area contributed by atoms with Gasteiger partial charge in [0.2, 0.25) is 0 Å². The number of rotatable bonds is 5. The van der Waals surface area contributed by atoms with Crippen molar-refractivity contribution in [2.45, 2.75) is 38.5 Å². The monoisotopic (exact) mass is 434 g/mol. The molecule has 10 heteroatoms. The van der Waals surface area contributed by atoms with Gasteiger partial charge < -0.3 is 19.6 Å². The predicted molar refractivity (Wildman–Crippen MR) is 102 cm³/mol. The summed E-state index contributed by atoms with van der Waals surface area (Å²) in [4.78, 5) is 36.8. The molecule has 0 aliphatic carbocycles. The van der Waals surface area contributed by atoms with Crippen LogP contribution in [0.2, 0.25) is 0 Å². The molecule has 0 aromatic heterocycles.